The van der Waals surface area contributed by atoms with E-state index in [-0.39, 0.29) is 6.04 Å². The van der Waals surface area contributed by atoms with Crippen LogP contribution < -0.4 is 11.3 Å². The molecule has 2 rings (SSSR count). The highest BCUT2D eigenvalue weighted by atomic mass is 32.1. The molecule has 96 valence electrons. The molecule has 0 radical (unpaired) electrons. The van der Waals surface area contributed by atoms with Gasteiger partial charge < -0.3 is 0 Å². The van der Waals surface area contributed by atoms with Gasteiger partial charge in [-0.15, -0.1) is 11.3 Å². The second-order valence-electron chi connectivity index (χ2n) is 4.15. The minimum absolute atomic E-state index is 0.134. The van der Waals surface area contributed by atoms with Gasteiger partial charge in [-0.05, 0) is 43.2 Å². The van der Waals surface area contributed by atoms with E-state index in [4.69, 9.17) is 5.84 Å². The Bertz CT molecular complexity index is 519. The lowest BCUT2D eigenvalue weighted by molar-refractivity contribution is 0.546. The van der Waals surface area contributed by atoms with Crippen LogP contribution in [0.25, 0.3) is 0 Å². The number of hydrazine groups is 1. The molecule has 1 aromatic heterocycles. The van der Waals surface area contributed by atoms with Crippen molar-refractivity contribution >= 4 is 11.3 Å². The molecule has 0 aliphatic heterocycles. The number of aryl methyl sites for hydroxylation is 1. The van der Waals surface area contributed by atoms with Gasteiger partial charge >= 0.3 is 0 Å². The zero-order chi connectivity index (χ0) is 13.1. The van der Waals surface area contributed by atoms with E-state index < -0.39 is 11.6 Å². The molecular weight excluding hydrogens is 254 g/mol. The molecule has 3 N–H and O–H groups in total. The smallest absolute Gasteiger partial charge is 0.126 e. The van der Waals surface area contributed by atoms with Crippen molar-refractivity contribution in [3.8, 4) is 0 Å². The van der Waals surface area contributed by atoms with Gasteiger partial charge in [0.05, 0.1) is 6.04 Å². The monoisotopic (exact) mass is 268 g/mol. The number of rotatable bonds is 4. The van der Waals surface area contributed by atoms with Crippen LogP contribution >= 0.6 is 11.3 Å². The third-order valence-corrected chi connectivity index (χ3v) is 3.78. The van der Waals surface area contributed by atoms with Crippen LogP contribution in [0.3, 0.4) is 0 Å². The van der Waals surface area contributed by atoms with Crippen LogP contribution in [0.4, 0.5) is 8.78 Å². The predicted octanol–water partition coefficient (Wildman–Crippen LogP) is 3.08. The highest BCUT2D eigenvalue weighted by Crippen LogP contribution is 2.25. The summed E-state index contributed by atoms with van der Waals surface area (Å²) in [5, 5.41) is 0. The Balaban J connectivity index is 2.20. The molecule has 1 aromatic carbocycles. The Morgan fingerprint density at radius 3 is 2.39 bits per heavy atom. The summed E-state index contributed by atoms with van der Waals surface area (Å²) in [5.74, 6) is 4.37. The molecular formula is C13H14F2N2S. The molecule has 2 nitrogen and oxygen atoms in total. The molecule has 0 aliphatic carbocycles. The Morgan fingerprint density at radius 2 is 1.89 bits per heavy atom. The number of thiophene rings is 1. The first-order chi connectivity index (χ1) is 8.58. The topological polar surface area (TPSA) is 38.0 Å². The zero-order valence-electron chi connectivity index (χ0n) is 9.91. The minimum atomic E-state index is -0.567. The molecule has 0 bridgehead atoms. The van der Waals surface area contributed by atoms with Gasteiger partial charge in [0.15, 0.2) is 0 Å². The van der Waals surface area contributed by atoms with E-state index in [0.29, 0.717) is 12.0 Å². The van der Waals surface area contributed by atoms with Crippen LogP contribution in [0.5, 0.6) is 0 Å². The first kappa shape index (κ1) is 13.1. The summed E-state index contributed by atoms with van der Waals surface area (Å²) in [5.41, 5.74) is 3.27. The fraction of sp³-hybridized carbons (Fsp3) is 0.231. The molecule has 1 heterocycles. The van der Waals surface area contributed by atoms with Crippen LogP contribution in [-0.4, -0.2) is 0 Å². The van der Waals surface area contributed by atoms with Crippen molar-refractivity contribution < 1.29 is 8.78 Å². The summed E-state index contributed by atoms with van der Waals surface area (Å²) < 4.78 is 26.2. The second kappa shape index (κ2) is 5.56. The van der Waals surface area contributed by atoms with E-state index in [2.05, 4.69) is 5.43 Å². The molecule has 18 heavy (non-hydrogen) atoms. The molecule has 0 fully saturated rings. The van der Waals surface area contributed by atoms with Gasteiger partial charge in [0.1, 0.15) is 11.6 Å². The van der Waals surface area contributed by atoms with Crippen LogP contribution in [0.15, 0.2) is 30.3 Å². The van der Waals surface area contributed by atoms with E-state index >= 15 is 0 Å². The van der Waals surface area contributed by atoms with Crippen molar-refractivity contribution in [2.75, 3.05) is 0 Å². The molecule has 0 amide bonds. The van der Waals surface area contributed by atoms with Crippen LogP contribution in [0.2, 0.25) is 0 Å². The standard InChI is InChI=1S/C13H14F2N2S/c1-8-2-3-13(18-8)12(17-16)6-9-4-10(14)7-11(15)5-9/h2-5,7,12,17H,6,16H2,1H3. The zero-order valence-corrected chi connectivity index (χ0v) is 10.7. The third-order valence-electron chi connectivity index (χ3n) is 2.67. The summed E-state index contributed by atoms with van der Waals surface area (Å²) in [6, 6.07) is 7.35. The van der Waals surface area contributed by atoms with E-state index in [1.807, 2.05) is 19.1 Å². The number of hydrogen-bond acceptors (Lipinski definition) is 3. The SMILES string of the molecule is Cc1ccc(C(Cc2cc(F)cc(F)c2)NN)s1. The highest BCUT2D eigenvalue weighted by molar-refractivity contribution is 7.12. The largest absolute Gasteiger partial charge is 0.271 e. The number of nitrogens with two attached hydrogens (primary N) is 1. The van der Waals surface area contributed by atoms with E-state index in [1.165, 1.54) is 17.0 Å². The first-order valence-electron chi connectivity index (χ1n) is 5.56. The Morgan fingerprint density at radius 1 is 1.22 bits per heavy atom. The summed E-state index contributed by atoms with van der Waals surface area (Å²) in [4.78, 5) is 2.23. The molecule has 2 aromatic rings. The van der Waals surface area contributed by atoms with Crippen molar-refractivity contribution in [2.45, 2.75) is 19.4 Å². The lowest BCUT2D eigenvalue weighted by Gasteiger charge is -2.14. The van der Waals surface area contributed by atoms with Gasteiger partial charge in [0.25, 0.3) is 0 Å². The average molecular weight is 268 g/mol. The molecule has 0 spiro atoms. The lowest BCUT2D eigenvalue weighted by Crippen LogP contribution is -2.29. The summed E-state index contributed by atoms with van der Waals surface area (Å²) >= 11 is 1.62. The van der Waals surface area contributed by atoms with Crippen molar-refractivity contribution in [2.24, 2.45) is 5.84 Å². The number of halogens is 2. The van der Waals surface area contributed by atoms with Gasteiger partial charge in [-0.3, -0.25) is 11.3 Å². The van der Waals surface area contributed by atoms with Crippen LogP contribution in [0.1, 0.15) is 21.4 Å². The van der Waals surface area contributed by atoms with Crippen molar-refractivity contribution in [1.29, 1.82) is 0 Å². The fourth-order valence-corrected chi connectivity index (χ4v) is 2.78. The van der Waals surface area contributed by atoms with Crippen molar-refractivity contribution in [3.63, 3.8) is 0 Å². The molecule has 1 unspecified atom stereocenters. The van der Waals surface area contributed by atoms with E-state index in [0.717, 1.165) is 10.9 Å². The molecule has 1 atom stereocenters. The van der Waals surface area contributed by atoms with Crippen LogP contribution in [-0.2, 0) is 6.42 Å². The van der Waals surface area contributed by atoms with Gasteiger partial charge in [-0.1, -0.05) is 0 Å². The number of hydrogen-bond donors (Lipinski definition) is 2. The summed E-state index contributed by atoms with van der Waals surface area (Å²) in [7, 11) is 0. The molecule has 0 saturated carbocycles. The Labute approximate surface area is 108 Å². The number of nitrogens with one attached hydrogen (secondary N) is 1. The minimum Gasteiger partial charge on any atom is -0.271 e. The van der Waals surface area contributed by atoms with Crippen LogP contribution in [0, 0.1) is 18.6 Å². The fourth-order valence-electron chi connectivity index (χ4n) is 1.85. The normalized spacial score (nSPS) is 12.7. The van der Waals surface area contributed by atoms with Gasteiger partial charge in [-0.2, -0.15) is 0 Å². The van der Waals surface area contributed by atoms with Crippen molar-refractivity contribution in [3.05, 3.63) is 57.3 Å². The molecule has 5 heteroatoms. The summed E-state index contributed by atoms with van der Waals surface area (Å²) in [6.45, 7) is 2.00. The lowest BCUT2D eigenvalue weighted by atomic mass is 10.0. The third kappa shape index (κ3) is 3.13. The highest BCUT2D eigenvalue weighted by Gasteiger charge is 2.13. The Kier molecular flexibility index (Phi) is 4.06. The van der Waals surface area contributed by atoms with E-state index in [9.17, 15) is 8.78 Å². The average Bonchev–Trinajstić information content (AvgIpc) is 2.71. The van der Waals surface area contributed by atoms with Gasteiger partial charge in [0.2, 0.25) is 0 Å². The predicted molar refractivity (Wildman–Crippen MR) is 69.2 cm³/mol. The van der Waals surface area contributed by atoms with E-state index in [1.54, 1.807) is 11.3 Å². The molecule has 0 saturated heterocycles. The Hall–Kier alpha value is -1.30. The number of benzene rings is 1. The summed E-state index contributed by atoms with van der Waals surface area (Å²) in [6.07, 6.45) is 0.450. The van der Waals surface area contributed by atoms with Gasteiger partial charge in [0, 0.05) is 15.8 Å². The first-order valence-corrected chi connectivity index (χ1v) is 6.37. The molecule has 0 aliphatic rings. The quantitative estimate of drug-likeness (QED) is 0.660. The van der Waals surface area contributed by atoms with Crippen molar-refractivity contribution in [1.82, 2.24) is 5.43 Å². The maximum Gasteiger partial charge on any atom is 0.126 e. The maximum atomic E-state index is 13.1. The second-order valence-corrected chi connectivity index (χ2v) is 5.47. The maximum absolute atomic E-state index is 13.1. The van der Waals surface area contributed by atoms with Gasteiger partial charge in [-0.25, -0.2) is 8.78 Å².